The highest BCUT2D eigenvalue weighted by Crippen LogP contribution is 2.37. The van der Waals surface area contributed by atoms with Crippen LogP contribution in [0, 0.1) is 0 Å². The Morgan fingerprint density at radius 2 is 2.05 bits per heavy atom. The van der Waals surface area contributed by atoms with Gasteiger partial charge in [0.2, 0.25) is 0 Å². The van der Waals surface area contributed by atoms with Crippen molar-refractivity contribution in [3.05, 3.63) is 29.8 Å². The lowest BCUT2D eigenvalue weighted by Gasteiger charge is -2.39. The van der Waals surface area contributed by atoms with Gasteiger partial charge in [-0.2, -0.15) is 0 Å². The van der Waals surface area contributed by atoms with Crippen LogP contribution in [0.3, 0.4) is 0 Å². The molecule has 2 rings (SSSR count). The van der Waals surface area contributed by atoms with E-state index in [0.29, 0.717) is 5.92 Å². The van der Waals surface area contributed by atoms with E-state index in [1.54, 1.807) is 0 Å². The summed E-state index contributed by atoms with van der Waals surface area (Å²) in [5.74, 6) is 1.37. The molecule has 1 N–H and O–H groups in total. The standard InChI is InChI=1S/C16H25NO2/c1-16(2,17(3)4)15(18)11-12-9-10-19-14-8-6-5-7-13(12)14/h5-8,12,15,18H,9-11H2,1-4H3. The zero-order chi connectivity index (χ0) is 14.0. The molecule has 1 aliphatic heterocycles. The monoisotopic (exact) mass is 263 g/mol. The largest absolute Gasteiger partial charge is 0.493 e. The van der Waals surface area contributed by atoms with Gasteiger partial charge in [-0.05, 0) is 58.3 Å². The van der Waals surface area contributed by atoms with E-state index < -0.39 is 0 Å². The Balaban J connectivity index is 2.13. The van der Waals surface area contributed by atoms with Crippen LogP contribution in [0.4, 0.5) is 0 Å². The molecule has 0 saturated carbocycles. The van der Waals surface area contributed by atoms with Crippen molar-refractivity contribution in [1.82, 2.24) is 4.90 Å². The maximum absolute atomic E-state index is 10.5. The zero-order valence-electron chi connectivity index (χ0n) is 12.4. The summed E-state index contributed by atoms with van der Waals surface area (Å²) in [7, 11) is 4.03. The minimum Gasteiger partial charge on any atom is -0.493 e. The summed E-state index contributed by atoms with van der Waals surface area (Å²) >= 11 is 0. The van der Waals surface area contributed by atoms with Gasteiger partial charge in [-0.15, -0.1) is 0 Å². The molecule has 1 aromatic carbocycles. The molecule has 3 nitrogen and oxygen atoms in total. The average Bonchev–Trinajstić information content (AvgIpc) is 2.39. The van der Waals surface area contributed by atoms with Gasteiger partial charge in [0.15, 0.2) is 0 Å². The normalized spacial score (nSPS) is 20.8. The van der Waals surface area contributed by atoms with Crippen molar-refractivity contribution in [2.75, 3.05) is 20.7 Å². The molecule has 1 aliphatic rings. The summed E-state index contributed by atoms with van der Waals surface area (Å²) in [4.78, 5) is 2.09. The number of hydrogen-bond donors (Lipinski definition) is 1. The van der Waals surface area contributed by atoms with E-state index in [0.717, 1.165) is 25.2 Å². The lowest BCUT2D eigenvalue weighted by Crippen LogP contribution is -2.49. The van der Waals surface area contributed by atoms with E-state index in [2.05, 4.69) is 24.8 Å². The van der Waals surface area contributed by atoms with Crippen molar-refractivity contribution < 1.29 is 9.84 Å². The smallest absolute Gasteiger partial charge is 0.122 e. The molecule has 0 aromatic heterocycles. The van der Waals surface area contributed by atoms with E-state index in [4.69, 9.17) is 4.74 Å². The number of ether oxygens (including phenoxy) is 1. The van der Waals surface area contributed by atoms with E-state index >= 15 is 0 Å². The lowest BCUT2D eigenvalue weighted by atomic mass is 9.82. The highest BCUT2D eigenvalue weighted by Gasteiger charge is 2.33. The molecule has 0 aliphatic carbocycles. The van der Waals surface area contributed by atoms with Gasteiger partial charge >= 0.3 is 0 Å². The number of rotatable bonds is 4. The molecular formula is C16H25NO2. The fraction of sp³-hybridized carbons (Fsp3) is 0.625. The van der Waals surface area contributed by atoms with Gasteiger partial charge in [0.05, 0.1) is 12.7 Å². The van der Waals surface area contributed by atoms with Gasteiger partial charge in [0.25, 0.3) is 0 Å². The summed E-state index contributed by atoms with van der Waals surface area (Å²) < 4.78 is 5.68. The van der Waals surface area contributed by atoms with Gasteiger partial charge in [0, 0.05) is 5.54 Å². The molecule has 0 fully saturated rings. The quantitative estimate of drug-likeness (QED) is 0.906. The lowest BCUT2D eigenvalue weighted by molar-refractivity contribution is 0.00568. The predicted molar refractivity (Wildman–Crippen MR) is 77.7 cm³/mol. The summed E-state index contributed by atoms with van der Waals surface area (Å²) in [6, 6.07) is 8.19. The molecule has 3 heteroatoms. The van der Waals surface area contributed by atoms with Crippen LogP contribution in [0.5, 0.6) is 5.75 Å². The first-order chi connectivity index (χ1) is 8.93. The van der Waals surface area contributed by atoms with Crippen molar-refractivity contribution in [3.8, 4) is 5.75 Å². The molecule has 2 unspecified atom stereocenters. The Morgan fingerprint density at radius 1 is 1.37 bits per heavy atom. The molecule has 0 bridgehead atoms. The van der Waals surface area contributed by atoms with Crippen molar-refractivity contribution in [3.63, 3.8) is 0 Å². The van der Waals surface area contributed by atoms with Crippen LogP contribution >= 0.6 is 0 Å². The Hall–Kier alpha value is -1.06. The summed E-state index contributed by atoms with van der Waals surface area (Å²) in [6.07, 6.45) is 1.42. The Labute approximate surface area is 116 Å². The van der Waals surface area contributed by atoms with Crippen molar-refractivity contribution in [2.45, 2.75) is 44.2 Å². The Kier molecular flexibility index (Phi) is 4.16. The van der Waals surface area contributed by atoms with Crippen molar-refractivity contribution in [2.24, 2.45) is 0 Å². The topological polar surface area (TPSA) is 32.7 Å². The number of aliphatic hydroxyl groups is 1. The van der Waals surface area contributed by atoms with Crippen LogP contribution in [0.25, 0.3) is 0 Å². The molecule has 0 spiro atoms. The summed E-state index contributed by atoms with van der Waals surface area (Å²) in [6.45, 7) is 4.92. The van der Waals surface area contributed by atoms with E-state index in [-0.39, 0.29) is 11.6 Å². The average molecular weight is 263 g/mol. The number of aliphatic hydroxyl groups excluding tert-OH is 1. The van der Waals surface area contributed by atoms with Crippen LogP contribution in [-0.2, 0) is 0 Å². The van der Waals surface area contributed by atoms with Gasteiger partial charge in [-0.25, -0.2) is 0 Å². The van der Waals surface area contributed by atoms with Crippen LogP contribution < -0.4 is 4.74 Å². The molecule has 0 amide bonds. The molecule has 2 atom stereocenters. The predicted octanol–water partition coefficient (Wildman–Crippen LogP) is 2.64. The highest BCUT2D eigenvalue weighted by molar-refractivity contribution is 5.37. The molecular weight excluding hydrogens is 238 g/mol. The molecule has 106 valence electrons. The second-order valence-corrected chi connectivity index (χ2v) is 6.17. The fourth-order valence-electron chi connectivity index (χ4n) is 2.52. The van der Waals surface area contributed by atoms with Gasteiger partial charge < -0.3 is 14.7 Å². The third kappa shape index (κ3) is 2.93. The summed E-state index contributed by atoms with van der Waals surface area (Å²) in [5.41, 5.74) is 1.02. The maximum Gasteiger partial charge on any atom is 0.122 e. The zero-order valence-corrected chi connectivity index (χ0v) is 12.4. The van der Waals surface area contributed by atoms with E-state index in [1.165, 1.54) is 5.56 Å². The Bertz CT molecular complexity index is 429. The first kappa shape index (κ1) is 14.4. The van der Waals surface area contributed by atoms with Gasteiger partial charge in [-0.1, -0.05) is 18.2 Å². The first-order valence-corrected chi connectivity index (χ1v) is 7.00. The molecule has 0 radical (unpaired) electrons. The SMILES string of the molecule is CN(C)C(C)(C)C(O)CC1CCOc2ccccc21. The van der Waals surface area contributed by atoms with Gasteiger partial charge in [0.1, 0.15) is 5.75 Å². The number of para-hydroxylation sites is 1. The van der Waals surface area contributed by atoms with Crippen LogP contribution in [0.15, 0.2) is 24.3 Å². The van der Waals surface area contributed by atoms with Crippen molar-refractivity contribution in [1.29, 1.82) is 0 Å². The van der Waals surface area contributed by atoms with E-state index in [9.17, 15) is 5.11 Å². The first-order valence-electron chi connectivity index (χ1n) is 7.00. The minimum absolute atomic E-state index is 0.215. The fourth-order valence-corrected chi connectivity index (χ4v) is 2.52. The molecule has 19 heavy (non-hydrogen) atoms. The van der Waals surface area contributed by atoms with Crippen LogP contribution in [0.2, 0.25) is 0 Å². The number of fused-ring (bicyclic) bond motifs is 1. The maximum atomic E-state index is 10.5. The molecule has 1 aromatic rings. The molecule has 1 heterocycles. The summed E-state index contributed by atoms with van der Waals surface area (Å²) in [5, 5.41) is 10.5. The minimum atomic E-state index is -0.348. The van der Waals surface area contributed by atoms with Crippen LogP contribution in [-0.4, -0.2) is 42.4 Å². The number of benzene rings is 1. The number of nitrogens with zero attached hydrogens (tertiary/aromatic N) is 1. The van der Waals surface area contributed by atoms with Crippen molar-refractivity contribution >= 4 is 0 Å². The van der Waals surface area contributed by atoms with Gasteiger partial charge in [-0.3, -0.25) is 0 Å². The molecule has 0 saturated heterocycles. The second-order valence-electron chi connectivity index (χ2n) is 6.17. The Morgan fingerprint density at radius 3 is 2.74 bits per heavy atom. The number of hydrogen-bond acceptors (Lipinski definition) is 3. The van der Waals surface area contributed by atoms with E-state index in [1.807, 2.05) is 32.3 Å². The third-order valence-electron chi connectivity index (χ3n) is 4.56. The highest BCUT2D eigenvalue weighted by atomic mass is 16.5. The third-order valence-corrected chi connectivity index (χ3v) is 4.56. The number of likely N-dealkylation sites (N-methyl/N-ethyl adjacent to an activating group) is 1. The van der Waals surface area contributed by atoms with Crippen LogP contribution in [0.1, 0.15) is 38.2 Å². The second kappa shape index (κ2) is 5.51.